The normalized spacial score (nSPS) is 41.5. The third-order valence-corrected chi connectivity index (χ3v) is 11.3. The average molecular weight is 478 g/mol. The molecule has 9 atom stereocenters. The molecule has 4 rings (SSSR count). The highest BCUT2D eigenvalue weighted by Crippen LogP contribution is 2.71. The quantitative estimate of drug-likeness (QED) is 0.220. The maximum absolute atomic E-state index is 11.2. The van der Waals surface area contributed by atoms with E-state index in [-0.39, 0.29) is 6.04 Å². The van der Waals surface area contributed by atoms with Crippen LogP contribution in [0.2, 0.25) is 0 Å². The van der Waals surface area contributed by atoms with E-state index in [0.717, 1.165) is 42.9 Å². The Morgan fingerprint density at radius 1 is 0.886 bits per heavy atom. The zero-order valence-electron chi connectivity index (χ0n) is 23.6. The molecule has 0 aromatic heterocycles. The zero-order valence-corrected chi connectivity index (χ0v) is 23.6. The minimum atomic E-state index is 0.0225. The fourth-order valence-electron chi connectivity index (χ4n) is 9.00. The predicted molar refractivity (Wildman–Crippen MR) is 151 cm³/mol. The van der Waals surface area contributed by atoms with Gasteiger partial charge in [-0.25, -0.2) is 0 Å². The summed E-state index contributed by atoms with van der Waals surface area (Å²) in [6.07, 6.45) is 33.5. The van der Waals surface area contributed by atoms with Gasteiger partial charge in [0.2, 0.25) is 0 Å². The smallest absolute Gasteiger partial charge is 0.0957 e. The van der Waals surface area contributed by atoms with Crippen LogP contribution in [0.5, 0.6) is 0 Å². The lowest BCUT2D eigenvalue weighted by Gasteiger charge is -2.63. The first-order valence-electron chi connectivity index (χ1n) is 13.9. The van der Waals surface area contributed by atoms with Gasteiger partial charge in [-0.15, -0.1) is 25.7 Å². The molecule has 0 heterocycles. The van der Waals surface area contributed by atoms with E-state index < -0.39 is 0 Å². The number of rotatable bonds is 5. The van der Waals surface area contributed by atoms with E-state index in [9.17, 15) is 4.91 Å². The largest absolute Gasteiger partial charge is 0.151 e. The van der Waals surface area contributed by atoms with Crippen molar-refractivity contribution in [2.75, 3.05) is 0 Å². The van der Waals surface area contributed by atoms with E-state index in [1.54, 1.807) is 5.57 Å². The molecule has 3 fully saturated rings. The van der Waals surface area contributed by atoms with Crippen molar-refractivity contribution in [3.63, 3.8) is 0 Å². The lowest BCUT2D eigenvalue weighted by atomic mass is 9.41. The van der Waals surface area contributed by atoms with Crippen molar-refractivity contribution in [2.24, 2.45) is 56.9 Å². The van der Waals surface area contributed by atoms with Gasteiger partial charge in [-0.2, -0.15) is 4.91 Å². The molecule has 0 bridgehead atoms. The maximum atomic E-state index is 11.2. The summed E-state index contributed by atoms with van der Waals surface area (Å²) in [6, 6.07) is 0.0225. The van der Waals surface area contributed by atoms with Crippen LogP contribution in [-0.4, -0.2) is 6.04 Å². The van der Waals surface area contributed by atoms with Crippen LogP contribution in [0.1, 0.15) is 99.8 Å². The third-order valence-electron chi connectivity index (χ3n) is 11.3. The van der Waals surface area contributed by atoms with E-state index >= 15 is 0 Å². The Labute approximate surface area is 217 Å². The Hall–Kier alpha value is -1.80. The Balaban J connectivity index is 0.00000103. The van der Waals surface area contributed by atoms with Gasteiger partial charge in [0.05, 0.1) is 6.04 Å². The highest BCUT2D eigenvalue weighted by atomic mass is 16.3. The standard InChI is InChI=1S/C29H47NO.2C2H2/c1-19(2)20(3)8-9-21(4)24-10-11-25-28(24,6)17-14-26-27(5)16-13-23(30-31)18-22(27)12-15-29(25,26)7;2*1-2/h8-9,12,19-21,23-26H,10-11,13-18H2,1-7H3;2*1-2H/b9-8+;;/t20-,21?,23+,24?,25?,26?,27+,28-,29+;;/m1../s1. The average Bonchev–Trinajstić information content (AvgIpc) is 3.22. The van der Waals surface area contributed by atoms with Crippen LogP contribution in [0.15, 0.2) is 29.0 Å². The van der Waals surface area contributed by atoms with E-state index in [2.05, 4.69) is 97.6 Å². The number of fused-ring (bicyclic) bond motifs is 5. The first-order valence-corrected chi connectivity index (χ1v) is 13.9. The van der Waals surface area contributed by atoms with Crippen LogP contribution in [0, 0.1) is 82.4 Å². The van der Waals surface area contributed by atoms with Crippen LogP contribution in [0.25, 0.3) is 0 Å². The van der Waals surface area contributed by atoms with Gasteiger partial charge in [0.1, 0.15) is 0 Å². The summed E-state index contributed by atoms with van der Waals surface area (Å²) >= 11 is 0. The molecule has 4 aliphatic carbocycles. The third kappa shape index (κ3) is 5.06. The van der Waals surface area contributed by atoms with Gasteiger partial charge < -0.3 is 0 Å². The molecule has 0 saturated heterocycles. The first-order chi connectivity index (χ1) is 16.6. The second kappa shape index (κ2) is 11.5. The van der Waals surface area contributed by atoms with Gasteiger partial charge in [-0.1, -0.05) is 77.4 Å². The van der Waals surface area contributed by atoms with Crippen molar-refractivity contribution in [3.8, 4) is 25.7 Å². The van der Waals surface area contributed by atoms with Crippen molar-refractivity contribution in [1.29, 1.82) is 0 Å². The Morgan fingerprint density at radius 2 is 1.54 bits per heavy atom. The number of terminal acetylenes is 2. The SMILES string of the molecule is C#C.C#C.CC(/C=C/[C@@H](C)C(C)C)C1CCC2[C@]3(C)CC=C4C[C@@H](N=O)CC[C@]4(C)C3CC[C@]12C. The molecule has 4 aliphatic rings. The number of allylic oxidation sites excluding steroid dienone is 3. The van der Waals surface area contributed by atoms with Crippen molar-refractivity contribution >= 4 is 0 Å². The molecule has 0 radical (unpaired) electrons. The topological polar surface area (TPSA) is 29.4 Å². The molecule has 0 aromatic rings. The molecule has 194 valence electrons. The summed E-state index contributed by atoms with van der Waals surface area (Å²) in [5, 5.41) is 3.43. The molecule has 35 heavy (non-hydrogen) atoms. The number of nitroso groups, excluding NO2 is 1. The maximum Gasteiger partial charge on any atom is 0.0957 e. The molecule has 0 spiro atoms. The van der Waals surface area contributed by atoms with Crippen LogP contribution < -0.4 is 0 Å². The minimum Gasteiger partial charge on any atom is -0.151 e. The van der Waals surface area contributed by atoms with E-state index in [0.29, 0.717) is 28.1 Å². The monoisotopic (exact) mass is 477 g/mol. The molecule has 4 unspecified atom stereocenters. The molecular formula is C33H51NO. The Bertz CT molecular complexity index is 827. The summed E-state index contributed by atoms with van der Waals surface area (Å²) < 4.78 is 0. The predicted octanol–water partition coefficient (Wildman–Crippen LogP) is 9.07. The Kier molecular flexibility index (Phi) is 9.67. The Morgan fingerprint density at radius 3 is 2.14 bits per heavy atom. The lowest BCUT2D eigenvalue weighted by Crippen LogP contribution is -2.56. The summed E-state index contributed by atoms with van der Waals surface area (Å²) in [5.74, 6) is 4.49. The van der Waals surface area contributed by atoms with Crippen LogP contribution in [0.4, 0.5) is 0 Å². The van der Waals surface area contributed by atoms with Gasteiger partial charge in [-0.3, -0.25) is 0 Å². The highest BCUT2D eigenvalue weighted by molar-refractivity contribution is 5.28. The molecule has 3 saturated carbocycles. The van der Waals surface area contributed by atoms with Crippen molar-refractivity contribution in [1.82, 2.24) is 0 Å². The van der Waals surface area contributed by atoms with Crippen molar-refractivity contribution in [3.05, 3.63) is 28.7 Å². The van der Waals surface area contributed by atoms with Gasteiger partial charge >= 0.3 is 0 Å². The molecule has 2 heteroatoms. The van der Waals surface area contributed by atoms with Gasteiger partial charge in [0, 0.05) is 0 Å². The van der Waals surface area contributed by atoms with E-state index in [1.165, 1.54) is 32.1 Å². The molecule has 0 amide bonds. The summed E-state index contributed by atoms with van der Waals surface area (Å²) in [4.78, 5) is 11.2. The van der Waals surface area contributed by atoms with Crippen molar-refractivity contribution < 1.29 is 0 Å². The fourth-order valence-corrected chi connectivity index (χ4v) is 9.00. The summed E-state index contributed by atoms with van der Waals surface area (Å²) in [6.45, 7) is 17.4. The lowest BCUT2D eigenvalue weighted by molar-refractivity contribution is -0.108. The number of hydrogen-bond donors (Lipinski definition) is 0. The fraction of sp³-hybridized carbons (Fsp3) is 0.758. The minimum absolute atomic E-state index is 0.0225. The van der Waals surface area contributed by atoms with Crippen LogP contribution in [-0.2, 0) is 0 Å². The summed E-state index contributed by atoms with van der Waals surface area (Å²) in [7, 11) is 0. The van der Waals surface area contributed by atoms with Gasteiger partial charge in [0.25, 0.3) is 0 Å². The first kappa shape index (κ1) is 29.4. The zero-order chi connectivity index (χ0) is 26.6. The van der Waals surface area contributed by atoms with E-state index in [4.69, 9.17) is 0 Å². The van der Waals surface area contributed by atoms with Crippen molar-refractivity contribution in [2.45, 2.75) is 106 Å². The number of hydrogen-bond acceptors (Lipinski definition) is 2. The summed E-state index contributed by atoms with van der Waals surface area (Å²) in [5.41, 5.74) is 2.75. The second-order valence-electron chi connectivity index (χ2n) is 13.0. The van der Waals surface area contributed by atoms with E-state index in [1.807, 2.05) is 0 Å². The molecule has 0 aromatic carbocycles. The molecule has 2 nitrogen and oxygen atoms in total. The molecule has 0 aliphatic heterocycles. The molecule has 0 N–H and O–H groups in total. The highest BCUT2D eigenvalue weighted by Gasteiger charge is 2.63. The van der Waals surface area contributed by atoms with Crippen LogP contribution >= 0.6 is 0 Å². The van der Waals surface area contributed by atoms with Gasteiger partial charge in [0.15, 0.2) is 0 Å². The van der Waals surface area contributed by atoms with Crippen LogP contribution in [0.3, 0.4) is 0 Å². The second-order valence-corrected chi connectivity index (χ2v) is 13.0. The van der Waals surface area contributed by atoms with Gasteiger partial charge in [-0.05, 0) is 103 Å². The number of nitrogens with zero attached hydrogens (tertiary/aromatic N) is 1. The molecular weight excluding hydrogens is 426 g/mol.